The highest BCUT2D eigenvalue weighted by atomic mass is 19.1. The van der Waals surface area contributed by atoms with Crippen LogP contribution in [-0.4, -0.2) is 22.5 Å². The molecule has 0 saturated heterocycles. The molecule has 0 heterocycles. The molecule has 4 nitrogen and oxygen atoms in total. The van der Waals surface area contributed by atoms with Gasteiger partial charge in [-0.1, -0.05) is 26.0 Å². The van der Waals surface area contributed by atoms with Crippen molar-refractivity contribution in [2.45, 2.75) is 33.2 Å². The van der Waals surface area contributed by atoms with Crippen molar-refractivity contribution in [1.29, 1.82) is 0 Å². The van der Waals surface area contributed by atoms with E-state index >= 15 is 0 Å². The first kappa shape index (κ1) is 15.1. The van der Waals surface area contributed by atoms with Gasteiger partial charge in [0, 0.05) is 0 Å². The Kier molecular flexibility index (Phi) is 4.29. The predicted octanol–water partition coefficient (Wildman–Crippen LogP) is 2.36. The number of amides is 1. The molecular formula is C14H18FNO3. The van der Waals surface area contributed by atoms with Crippen molar-refractivity contribution in [2.24, 2.45) is 5.92 Å². The molecular weight excluding hydrogens is 249 g/mol. The van der Waals surface area contributed by atoms with E-state index in [0.29, 0.717) is 5.56 Å². The highest BCUT2D eigenvalue weighted by molar-refractivity contribution is 5.98. The lowest BCUT2D eigenvalue weighted by Gasteiger charge is -2.30. The fourth-order valence-electron chi connectivity index (χ4n) is 1.57. The second-order valence-electron chi connectivity index (χ2n) is 5.05. The summed E-state index contributed by atoms with van der Waals surface area (Å²) in [4.78, 5) is 23.3. The molecule has 0 saturated carbocycles. The second-order valence-corrected chi connectivity index (χ2v) is 5.05. The van der Waals surface area contributed by atoms with E-state index in [0.717, 1.165) is 0 Å². The van der Waals surface area contributed by atoms with Gasteiger partial charge in [-0.3, -0.25) is 4.79 Å². The summed E-state index contributed by atoms with van der Waals surface area (Å²) >= 11 is 0. The monoisotopic (exact) mass is 267 g/mol. The van der Waals surface area contributed by atoms with Crippen LogP contribution in [0.4, 0.5) is 4.39 Å². The molecule has 0 bridgehead atoms. The molecule has 0 aromatic heterocycles. The van der Waals surface area contributed by atoms with Crippen LogP contribution in [0.2, 0.25) is 0 Å². The minimum Gasteiger partial charge on any atom is -0.480 e. The van der Waals surface area contributed by atoms with Crippen molar-refractivity contribution in [1.82, 2.24) is 5.32 Å². The topological polar surface area (TPSA) is 66.4 Å². The zero-order chi connectivity index (χ0) is 14.8. The Bertz CT molecular complexity index is 513. The standard InChI is InChI=1S/C14H18FNO3/c1-8(2)14(4,13(18)19)16-12(17)10-7-5-6-9(3)11(10)15/h5-8H,1-4H3,(H,16,17)(H,18,19)/t14-/m1/s1. The zero-order valence-electron chi connectivity index (χ0n) is 11.5. The van der Waals surface area contributed by atoms with Crippen molar-refractivity contribution < 1.29 is 19.1 Å². The Labute approximate surface area is 111 Å². The molecule has 1 atom stereocenters. The Morgan fingerprint density at radius 3 is 2.42 bits per heavy atom. The lowest BCUT2D eigenvalue weighted by atomic mass is 9.88. The summed E-state index contributed by atoms with van der Waals surface area (Å²) < 4.78 is 13.8. The van der Waals surface area contributed by atoms with E-state index in [4.69, 9.17) is 0 Å². The summed E-state index contributed by atoms with van der Waals surface area (Å²) in [5.74, 6) is -2.83. The molecule has 0 fully saturated rings. The Balaban J connectivity index is 3.08. The molecule has 19 heavy (non-hydrogen) atoms. The van der Waals surface area contributed by atoms with Gasteiger partial charge in [-0.2, -0.15) is 0 Å². The van der Waals surface area contributed by atoms with E-state index in [2.05, 4.69) is 5.32 Å². The number of halogens is 1. The van der Waals surface area contributed by atoms with Crippen LogP contribution >= 0.6 is 0 Å². The molecule has 0 aliphatic rings. The van der Waals surface area contributed by atoms with Gasteiger partial charge in [0.2, 0.25) is 0 Å². The highest BCUT2D eigenvalue weighted by Gasteiger charge is 2.38. The summed E-state index contributed by atoms with van der Waals surface area (Å²) in [6.45, 7) is 6.32. The van der Waals surface area contributed by atoms with E-state index in [1.807, 2.05) is 0 Å². The number of nitrogens with one attached hydrogen (secondary N) is 1. The molecule has 2 N–H and O–H groups in total. The third-order valence-corrected chi connectivity index (χ3v) is 3.41. The maximum atomic E-state index is 13.8. The quantitative estimate of drug-likeness (QED) is 0.880. The number of benzene rings is 1. The van der Waals surface area contributed by atoms with Crippen LogP contribution in [0.15, 0.2) is 18.2 Å². The maximum Gasteiger partial charge on any atom is 0.329 e. The number of carboxylic acid groups (broad SMARTS) is 1. The van der Waals surface area contributed by atoms with Crippen LogP contribution in [0.1, 0.15) is 36.7 Å². The van der Waals surface area contributed by atoms with Gasteiger partial charge in [-0.15, -0.1) is 0 Å². The van der Waals surface area contributed by atoms with Crippen LogP contribution in [0, 0.1) is 18.7 Å². The number of carbonyl (C=O) groups is 2. The van der Waals surface area contributed by atoms with E-state index in [1.54, 1.807) is 32.9 Å². The van der Waals surface area contributed by atoms with Crippen molar-refractivity contribution >= 4 is 11.9 Å². The largest absolute Gasteiger partial charge is 0.480 e. The van der Waals surface area contributed by atoms with Gasteiger partial charge in [0.25, 0.3) is 5.91 Å². The molecule has 1 rings (SSSR count). The minimum atomic E-state index is -1.44. The fraction of sp³-hybridized carbons (Fsp3) is 0.429. The molecule has 5 heteroatoms. The molecule has 0 unspecified atom stereocenters. The number of hydrogen-bond acceptors (Lipinski definition) is 2. The van der Waals surface area contributed by atoms with Crippen LogP contribution in [0.3, 0.4) is 0 Å². The molecule has 104 valence electrons. The summed E-state index contributed by atoms with van der Waals surface area (Å²) in [5.41, 5.74) is -1.24. The fourth-order valence-corrected chi connectivity index (χ4v) is 1.57. The predicted molar refractivity (Wildman–Crippen MR) is 69.5 cm³/mol. The van der Waals surface area contributed by atoms with Crippen molar-refractivity contribution in [3.8, 4) is 0 Å². The zero-order valence-corrected chi connectivity index (χ0v) is 11.5. The average Bonchev–Trinajstić information content (AvgIpc) is 2.31. The van der Waals surface area contributed by atoms with Gasteiger partial charge in [-0.25, -0.2) is 9.18 Å². The summed E-state index contributed by atoms with van der Waals surface area (Å²) in [6, 6.07) is 4.44. The van der Waals surface area contributed by atoms with E-state index in [-0.39, 0.29) is 11.5 Å². The average molecular weight is 267 g/mol. The smallest absolute Gasteiger partial charge is 0.329 e. The molecule has 1 aromatic carbocycles. The molecule has 0 aliphatic heterocycles. The third kappa shape index (κ3) is 2.92. The van der Waals surface area contributed by atoms with Crippen LogP contribution in [0.5, 0.6) is 0 Å². The van der Waals surface area contributed by atoms with Crippen LogP contribution in [-0.2, 0) is 4.79 Å². The lowest BCUT2D eigenvalue weighted by Crippen LogP contribution is -2.56. The minimum absolute atomic E-state index is 0.145. The molecule has 0 spiro atoms. The summed E-state index contributed by atoms with van der Waals surface area (Å²) in [6.07, 6.45) is 0. The molecule has 0 radical (unpaired) electrons. The van der Waals surface area contributed by atoms with Gasteiger partial charge in [-0.05, 0) is 31.4 Å². The van der Waals surface area contributed by atoms with E-state index < -0.39 is 23.2 Å². The van der Waals surface area contributed by atoms with E-state index in [9.17, 15) is 19.1 Å². The van der Waals surface area contributed by atoms with Gasteiger partial charge < -0.3 is 10.4 Å². The maximum absolute atomic E-state index is 13.8. The molecule has 0 aliphatic carbocycles. The Morgan fingerprint density at radius 1 is 1.37 bits per heavy atom. The van der Waals surface area contributed by atoms with Crippen LogP contribution < -0.4 is 5.32 Å². The van der Waals surface area contributed by atoms with Crippen molar-refractivity contribution in [3.63, 3.8) is 0 Å². The number of rotatable bonds is 4. The van der Waals surface area contributed by atoms with Crippen LogP contribution in [0.25, 0.3) is 0 Å². The molecule has 1 aromatic rings. The normalized spacial score (nSPS) is 14.0. The van der Waals surface area contributed by atoms with Gasteiger partial charge >= 0.3 is 5.97 Å². The van der Waals surface area contributed by atoms with Crippen molar-refractivity contribution in [2.75, 3.05) is 0 Å². The Hall–Kier alpha value is -1.91. The van der Waals surface area contributed by atoms with Crippen molar-refractivity contribution in [3.05, 3.63) is 35.1 Å². The lowest BCUT2D eigenvalue weighted by molar-refractivity contribution is -0.145. The Morgan fingerprint density at radius 2 is 1.95 bits per heavy atom. The second kappa shape index (κ2) is 5.38. The number of aliphatic carboxylic acids is 1. The number of hydrogen-bond donors (Lipinski definition) is 2. The first-order valence-corrected chi connectivity index (χ1v) is 6.01. The number of carboxylic acids is 1. The third-order valence-electron chi connectivity index (χ3n) is 3.41. The van der Waals surface area contributed by atoms with Gasteiger partial charge in [0.15, 0.2) is 0 Å². The van der Waals surface area contributed by atoms with E-state index in [1.165, 1.54) is 13.0 Å². The SMILES string of the molecule is Cc1cccc(C(=O)N[C@@](C)(C(=O)O)C(C)C)c1F. The molecule has 1 amide bonds. The number of aryl methyl sites for hydroxylation is 1. The van der Waals surface area contributed by atoms with Gasteiger partial charge in [0.05, 0.1) is 5.56 Å². The summed E-state index contributed by atoms with van der Waals surface area (Å²) in [5, 5.41) is 11.6. The highest BCUT2D eigenvalue weighted by Crippen LogP contribution is 2.19. The number of carbonyl (C=O) groups excluding carboxylic acids is 1. The first-order chi connectivity index (χ1) is 8.70. The first-order valence-electron chi connectivity index (χ1n) is 6.01. The van der Waals surface area contributed by atoms with Gasteiger partial charge in [0.1, 0.15) is 11.4 Å². The summed E-state index contributed by atoms with van der Waals surface area (Å²) in [7, 11) is 0.